The van der Waals surface area contributed by atoms with Gasteiger partial charge in [0.25, 0.3) is 0 Å². The second-order valence-corrected chi connectivity index (χ2v) is 10.6. The first-order chi connectivity index (χ1) is 17.8. The van der Waals surface area contributed by atoms with E-state index in [0.717, 1.165) is 0 Å². The zero-order valence-electron chi connectivity index (χ0n) is 21.2. The van der Waals surface area contributed by atoms with Crippen molar-refractivity contribution in [1.29, 1.82) is 0 Å². The van der Waals surface area contributed by atoms with Crippen molar-refractivity contribution in [2.45, 2.75) is 36.9 Å². The van der Waals surface area contributed by atoms with E-state index in [9.17, 15) is 8.42 Å². The molecule has 200 valence electrons. The molecule has 0 unspecified atom stereocenters. The molecule has 1 aliphatic heterocycles. The lowest BCUT2D eigenvalue weighted by Crippen LogP contribution is -2.28. The molecule has 4 rings (SSSR count). The fraction of sp³-hybridized carbons (Fsp3) is 0.545. The second kappa shape index (κ2) is 11.3. The van der Waals surface area contributed by atoms with Crippen LogP contribution in [0.5, 0.6) is 17.5 Å². The number of ether oxygens (including phenoxy) is 5. The molecule has 0 spiro atoms. The lowest BCUT2D eigenvalue weighted by Gasteiger charge is -2.24. The van der Waals surface area contributed by atoms with Crippen molar-refractivity contribution in [3.63, 3.8) is 0 Å². The summed E-state index contributed by atoms with van der Waals surface area (Å²) in [6.07, 6.45) is 3.68. The topological polar surface area (TPSA) is 163 Å². The molecule has 0 saturated carbocycles. The molecule has 37 heavy (non-hydrogen) atoms. The van der Waals surface area contributed by atoms with Gasteiger partial charge in [0.15, 0.2) is 32.9 Å². The van der Waals surface area contributed by atoms with Crippen LogP contribution in [0.1, 0.15) is 43.3 Å². The number of sulfone groups is 1. The maximum absolute atomic E-state index is 13.6. The van der Waals surface area contributed by atoms with Gasteiger partial charge in [-0.15, -0.1) is 10.2 Å². The van der Waals surface area contributed by atoms with E-state index in [1.54, 1.807) is 13.8 Å². The van der Waals surface area contributed by atoms with Gasteiger partial charge < -0.3 is 23.7 Å². The monoisotopic (exact) mass is 535 g/mol. The van der Waals surface area contributed by atoms with Gasteiger partial charge in [0.05, 0.1) is 58.8 Å². The fourth-order valence-electron chi connectivity index (χ4n) is 3.85. The summed E-state index contributed by atoms with van der Waals surface area (Å²) < 4.78 is 56.1. The van der Waals surface area contributed by atoms with E-state index in [0.29, 0.717) is 30.6 Å². The molecule has 1 saturated heterocycles. The molecule has 15 heteroatoms. The minimum Gasteiger partial charge on any atom is -0.494 e. The first-order valence-corrected chi connectivity index (χ1v) is 13.2. The average Bonchev–Trinajstić information content (AvgIpc) is 3.34. The molecule has 14 nitrogen and oxygen atoms in total. The van der Waals surface area contributed by atoms with Crippen LogP contribution in [0.25, 0.3) is 5.69 Å². The Kier molecular flexibility index (Phi) is 8.14. The third-order valence-corrected chi connectivity index (χ3v) is 8.32. The highest BCUT2D eigenvalue weighted by Crippen LogP contribution is 2.34. The van der Waals surface area contributed by atoms with E-state index < -0.39 is 32.9 Å². The van der Waals surface area contributed by atoms with Crippen LogP contribution in [-0.4, -0.2) is 89.5 Å². The smallest absolute Gasteiger partial charge is 0.245 e. The first kappa shape index (κ1) is 26.6. The predicted molar refractivity (Wildman–Crippen MR) is 129 cm³/mol. The molecule has 3 aromatic heterocycles. The van der Waals surface area contributed by atoms with Crippen LogP contribution in [-0.2, 0) is 25.1 Å². The Morgan fingerprint density at radius 1 is 1.00 bits per heavy atom. The highest BCUT2D eigenvalue weighted by Gasteiger charge is 2.35. The lowest BCUT2D eigenvalue weighted by atomic mass is 10.1. The van der Waals surface area contributed by atoms with Crippen LogP contribution in [0, 0.1) is 0 Å². The third-order valence-electron chi connectivity index (χ3n) is 6.12. The number of rotatable bonds is 10. The van der Waals surface area contributed by atoms with Gasteiger partial charge in [-0.2, -0.15) is 9.97 Å². The number of aromatic nitrogens is 7. The molecule has 1 fully saturated rings. The van der Waals surface area contributed by atoms with Gasteiger partial charge in [0, 0.05) is 5.92 Å². The minimum atomic E-state index is -3.79. The van der Waals surface area contributed by atoms with Crippen LogP contribution >= 0.6 is 0 Å². The van der Waals surface area contributed by atoms with E-state index in [2.05, 4.69) is 30.1 Å². The van der Waals surface area contributed by atoms with Crippen molar-refractivity contribution in [2.24, 2.45) is 0 Å². The summed E-state index contributed by atoms with van der Waals surface area (Å²) in [7, 11) is 0.583. The molecule has 0 aromatic carbocycles. The quantitative estimate of drug-likeness (QED) is 0.362. The molecule has 0 bridgehead atoms. The molecule has 0 amide bonds. The number of hydrogen-bond acceptors (Lipinski definition) is 13. The van der Waals surface area contributed by atoms with E-state index in [1.165, 1.54) is 44.6 Å². The van der Waals surface area contributed by atoms with E-state index >= 15 is 0 Å². The minimum absolute atomic E-state index is 0.116. The van der Waals surface area contributed by atoms with Crippen molar-refractivity contribution in [1.82, 2.24) is 34.7 Å². The van der Waals surface area contributed by atoms with E-state index in [4.69, 9.17) is 23.7 Å². The third kappa shape index (κ3) is 5.47. The van der Waals surface area contributed by atoms with Crippen molar-refractivity contribution >= 4 is 9.84 Å². The van der Waals surface area contributed by atoms with Gasteiger partial charge in [-0.25, -0.2) is 18.4 Å². The Hall–Kier alpha value is -3.43. The summed E-state index contributed by atoms with van der Waals surface area (Å²) in [5, 5.41) is 7.65. The molecule has 1 aliphatic rings. The summed E-state index contributed by atoms with van der Waals surface area (Å²) in [5.41, 5.74) is 0.256. The lowest BCUT2D eigenvalue weighted by molar-refractivity contribution is -0.0942. The summed E-state index contributed by atoms with van der Waals surface area (Å²) in [6, 6.07) is 0. The van der Waals surface area contributed by atoms with E-state index in [1.807, 2.05) is 0 Å². The Morgan fingerprint density at radius 2 is 1.68 bits per heavy atom. The number of hydrogen-bond donors (Lipinski definition) is 0. The van der Waals surface area contributed by atoms with Gasteiger partial charge in [-0.3, -0.25) is 4.57 Å². The second-order valence-electron chi connectivity index (χ2n) is 8.27. The maximum Gasteiger partial charge on any atom is 0.245 e. The zero-order valence-corrected chi connectivity index (χ0v) is 22.0. The van der Waals surface area contributed by atoms with Gasteiger partial charge in [0.2, 0.25) is 11.8 Å². The van der Waals surface area contributed by atoms with Crippen LogP contribution in [0.2, 0.25) is 0 Å². The molecule has 3 aromatic rings. The normalized spacial score (nSPS) is 17.7. The molecular formula is C22H29N7O7S. The number of methoxy groups -OCH3 is 3. The maximum atomic E-state index is 13.6. The molecule has 0 radical (unpaired) electrons. The summed E-state index contributed by atoms with van der Waals surface area (Å²) in [5.74, 6) is 0.635. The Bertz CT molecular complexity index is 1290. The fourth-order valence-corrected chi connectivity index (χ4v) is 5.40. The molecule has 0 N–H and O–H groups in total. The molecule has 3 atom stereocenters. The van der Waals surface area contributed by atoms with Crippen LogP contribution < -0.4 is 14.2 Å². The average molecular weight is 536 g/mol. The molecule has 4 heterocycles. The van der Waals surface area contributed by atoms with Crippen molar-refractivity contribution < 1.29 is 32.1 Å². The van der Waals surface area contributed by atoms with Gasteiger partial charge >= 0.3 is 0 Å². The summed E-state index contributed by atoms with van der Waals surface area (Å²) in [6.45, 7) is 4.37. The number of nitrogens with zero attached hydrogens (tertiary/aromatic N) is 7. The standard InChI is InChI=1S/C22H29N7O7S/c1-13(19-23-8-15(32-3)9-24-19)14(2)37(30,31)11-17-27-28-20(16-10-35-6-7-36-16)29(17)18-21(33-4)25-12-26-22(18)34-5/h8-9,12-14,16H,6-7,10-11H2,1-5H3/t13-,14-,16-/m0/s1. The SMILES string of the molecule is COc1cnc([C@@H](C)[C@H](C)S(=O)(=O)Cc2nnc([C@@H]3COCCO3)n2-c2c(OC)ncnc2OC)nc1. The highest BCUT2D eigenvalue weighted by molar-refractivity contribution is 7.91. The van der Waals surface area contributed by atoms with Gasteiger partial charge in [0.1, 0.15) is 24.0 Å². The predicted octanol–water partition coefficient (Wildman–Crippen LogP) is 1.07. The highest BCUT2D eigenvalue weighted by atomic mass is 32.2. The summed E-state index contributed by atoms with van der Waals surface area (Å²) in [4.78, 5) is 16.8. The summed E-state index contributed by atoms with van der Waals surface area (Å²) >= 11 is 0. The van der Waals surface area contributed by atoms with Crippen LogP contribution in [0.15, 0.2) is 18.7 Å². The Balaban J connectivity index is 1.74. The van der Waals surface area contributed by atoms with Crippen molar-refractivity contribution in [3.05, 3.63) is 36.2 Å². The Labute approximate surface area is 214 Å². The first-order valence-electron chi connectivity index (χ1n) is 11.4. The van der Waals surface area contributed by atoms with Crippen LogP contribution in [0.3, 0.4) is 0 Å². The largest absolute Gasteiger partial charge is 0.494 e. The Morgan fingerprint density at radius 3 is 2.24 bits per heavy atom. The van der Waals surface area contributed by atoms with Gasteiger partial charge in [-0.05, 0) is 6.92 Å². The molecule has 0 aliphatic carbocycles. The molecular weight excluding hydrogens is 506 g/mol. The zero-order chi connectivity index (χ0) is 26.6. The van der Waals surface area contributed by atoms with Gasteiger partial charge in [-0.1, -0.05) is 6.92 Å². The van der Waals surface area contributed by atoms with Crippen molar-refractivity contribution in [2.75, 3.05) is 41.2 Å². The van der Waals surface area contributed by atoms with Crippen LogP contribution in [0.4, 0.5) is 0 Å². The van der Waals surface area contributed by atoms with Crippen molar-refractivity contribution in [3.8, 4) is 23.2 Å². The van der Waals surface area contributed by atoms with E-state index in [-0.39, 0.29) is 29.9 Å².